The second-order valence-corrected chi connectivity index (χ2v) is 6.42. The Hall–Kier alpha value is -1.90. The number of carbonyl (C=O) groups excluding carboxylic acids is 1. The van der Waals surface area contributed by atoms with E-state index >= 15 is 0 Å². The van der Waals surface area contributed by atoms with Gasteiger partial charge >= 0.3 is 6.09 Å². The van der Waals surface area contributed by atoms with Crippen molar-refractivity contribution in [1.29, 1.82) is 0 Å². The number of hydrogen-bond acceptors (Lipinski definition) is 3. The van der Waals surface area contributed by atoms with Crippen LogP contribution in [0.4, 0.5) is 10.5 Å². The molecule has 1 amide bonds. The second-order valence-electron chi connectivity index (χ2n) is 6.42. The molecule has 0 aliphatic carbocycles. The SMILES string of the molecule is [C-]#[N+]c1ccc(OC(=O)[N+]2(N3CCCCC3)CCCCC2)cc1. The molecule has 122 valence electrons. The summed E-state index contributed by atoms with van der Waals surface area (Å²) in [4.78, 5) is 16.4. The molecule has 0 bridgehead atoms. The Labute approximate surface area is 137 Å². The van der Waals surface area contributed by atoms with E-state index < -0.39 is 0 Å². The average Bonchev–Trinajstić information content (AvgIpc) is 2.63. The molecular weight excluding hydrogens is 290 g/mol. The molecule has 2 heterocycles. The molecule has 3 rings (SSSR count). The van der Waals surface area contributed by atoms with Crippen molar-refractivity contribution in [2.75, 3.05) is 26.2 Å². The molecule has 1 aromatic carbocycles. The number of ether oxygens (including phenoxy) is 1. The van der Waals surface area contributed by atoms with Crippen LogP contribution in [0, 0.1) is 6.57 Å². The monoisotopic (exact) mass is 314 g/mol. The van der Waals surface area contributed by atoms with Crippen LogP contribution in [0.15, 0.2) is 24.3 Å². The minimum Gasteiger partial charge on any atom is -0.379 e. The summed E-state index contributed by atoms with van der Waals surface area (Å²) in [5.41, 5.74) is 0.558. The predicted octanol–water partition coefficient (Wildman–Crippen LogP) is 4.14. The molecular formula is C18H24N3O2+. The molecule has 0 N–H and O–H groups in total. The number of nitrogens with zero attached hydrogens (tertiary/aromatic N) is 3. The smallest absolute Gasteiger partial charge is 0.379 e. The van der Waals surface area contributed by atoms with Crippen molar-refractivity contribution >= 4 is 11.8 Å². The molecule has 0 radical (unpaired) electrons. The summed E-state index contributed by atoms with van der Waals surface area (Å²) >= 11 is 0. The van der Waals surface area contributed by atoms with E-state index in [1.165, 1.54) is 12.8 Å². The molecule has 0 unspecified atom stereocenters. The van der Waals surface area contributed by atoms with E-state index in [-0.39, 0.29) is 6.09 Å². The zero-order chi connectivity index (χ0) is 16.1. The third-order valence-corrected chi connectivity index (χ3v) is 4.94. The van der Waals surface area contributed by atoms with Gasteiger partial charge in [0.15, 0.2) is 5.69 Å². The van der Waals surface area contributed by atoms with Crippen molar-refractivity contribution in [1.82, 2.24) is 5.01 Å². The molecule has 5 heteroatoms. The first-order valence-electron chi connectivity index (χ1n) is 8.57. The molecule has 0 atom stereocenters. The quantitative estimate of drug-likeness (QED) is 0.608. The topological polar surface area (TPSA) is 33.9 Å². The van der Waals surface area contributed by atoms with Crippen LogP contribution < -0.4 is 4.74 Å². The molecule has 2 aliphatic heterocycles. The number of hydrogen-bond donors (Lipinski definition) is 0. The molecule has 2 fully saturated rings. The predicted molar refractivity (Wildman–Crippen MR) is 88.0 cm³/mol. The van der Waals surface area contributed by atoms with Gasteiger partial charge in [0.25, 0.3) is 0 Å². The van der Waals surface area contributed by atoms with Crippen LogP contribution in [0.25, 0.3) is 4.85 Å². The van der Waals surface area contributed by atoms with Gasteiger partial charge in [-0.3, -0.25) is 0 Å². The van der Waals surface area contributed by atoms with E-state index in [4.69, 9.17) is 11.3 Å². The summed E-state index contributed by atoms with van der Waals surface area (Å²) in [5.74, 6) is 0.530. The van der Waals surface area contributed by atoms with E-state index in [2.05, 4.69) is 9.85 Å². The van der Waals surface area contributed by atoms with Gasteiger partial charge < -0.3 is 4.74 Å². The molecule has 23 heavy (non-hydrogen) atoms. The summed E-state index contributed by atoms with van der Waals surface area (Å²) in [7, 11) is 0. The number of rotatable bonds is 2. The molecule has 0 aromatic heterocycles. The highest BCUT2D eigenvalue weighted by molar-refractivity contribution is 5.64. The highest BCUT2D eigenvalue weighted by atomic mass is 16.6. The minimum absolute atomic E-state index is 0.165. The maximum Gasteiger partial charge on any atom is 0.541 e. The number of likely N-dealkylation sites (tertiary alicyclic amines) is 1. The van der Waals surface area contributed by atoms with Crippen LogP contribution in [-0.4, -0.2) is 41.9 Å². The summed E-state index contributed by atoms with van der Waals surface area (Å²) in [6.07, 6.45) is 6.75. The largest absolute Gasteiger partial charge is 0.541 e. The first-order chi connectivity index (χ1) is 11.2. The lowest BCUT2D eigenvalue weighted by molar-refractivity contribution is -0.975. The second kappa shape index (κ2) is 7.12. The number of piperidine rings is 2. The van der Waals surface area contributed by atoms with Gasteiger partial charge in [0.05, 0.1) is 6.57 Å². The highest BCUT2D eigenvalue weighted by Crippen LogP contribution is 2.28. The normalized spacial score (nSPS) is 21.3. The Morgan fingerprint density at radius 2 is 1.61 bits per heavy atom. The Balaban J connectivity index is 1.78. The molecule has 0 saturated carbocycles. The number of quaternary nitrogens is 1. The Bertz CT molecular complexity index is 579. The first-order valence-corrected chi connectivity index (χ1v) is 8.57. The number of amides is 1. The van der Waals surface area contributed by atoms with Gasteiger partial charge in [-0.15, -0.1) is 9.60 Å². The van der Waals surface area contributed by atoms with Crippen molar-refractivity contribution in [2.45, 2.75) is 38.5 Å². The lowest BCUT2D eigenvalue weighted by atomic mass is 10.1. The summed E-state index contributed by atoms with van der Waals surface area (Å²) in [6.45, 7) is 10.6. The van der Waals surface area contributed by atoms with E-state index in [0.29, 0.717) is 16.0 Å². The van der Waals surface area contributed by atoms with Crippen molar-refractivity contribution < 1.29 is 14.1 Å². The number of benzene rings is 1. The lowest BCUT2D eigenvalue weighted by Crippen LogP contribution is -2.67. The van der Waals surface area contributed by atoms with Gasteiger partial charge in [0.2, 0.25) is 0 Å². The fraction of sp³-hybridized carbons (Fsp3) is 0.556. The van der Waals surface area contributed by atoms with E-state index in [0.717, 1.165) is 51.9 Å². The van der Waals surface area contributed by atoms with Crippen LogP contribution in [0.2, 0.25) is 0 Å². The zero-order valence-electron chi connectivity index (χ0n) is 13.5. The fourth-order valence-corrected chi connectivity index (χ4v) is 3.65. The van der Waals surface area contributed by atoms with E-state index in [1.807, 2.05) is 0 Å². The van der Waals surface area contributed by atoms with Crippen LogP contribution in [0.1, 0.15) is 38.5 Å². The summed E-state index contributed by atoms with van der Waals surface area (Å²) < 4.78 is 6.05. The highest BCUT2D eigenvalue weighted by Gasteiger charge is 2.46. The van der Waals surface area contributed by atoms with E-state index in [1.54, 1.807) is 24.3 Å². The van der Waals surface area contributed by atoms with Crippen molar-refractivity contribution in [3.63, 3.8) is 0 Å². The van der Waals surface area contributed by atoms with Gasteiger partial charge in [0.1, 0.15) is 18.8 Å². The van der Waals surface area contributed by atoms with Gasteiger partial charge in [0, 0.05) is 13.1 Å². The maximum absolute atomic E-state index is 13.0. The zero-order valence-corrected chi connectivity index (χ0v) is 13.5. The average molecular weight is 314 g/mol. The lowest BCUT2D eigenvalue weighted by Gasteiger charge is -2.45. The van der Waals surface area contributed by atoms with Crippen LogP contribution in [-0.2, 0) is 0 Å². The van der Waals surface area contributed by atoms with Gasteiger partial charge in [-0.2, -0.15) is 4.79 Å². The summed E-state index contributed by atoms with van der Waals surface area (Å²) in [5, 5.41) is 2.32. The van der Waals surface area contributed by atoms with Gasteiger partial charge in [-0.25, -0.2) is 4.85 Å². The van der Waals surface area contributed by atoms with Gasteiger partial charge in [-0.1, -0.05) is 18.6 Å². The maximum atomic E-state index is 13.0. The Kier molecular flexibility index (Phi) is 4.94. The third kappa shape index (κ3) is 3.39. The van der Waals surface area contributed by atoms with Crippen LogP contribution in [0.3, 0.4) is 0 Å². The standard InChI is InChI=1S/C18H24N3O2/c1-19-16-8-10-17(11-9-16)23-18(22)21(14-6-3-7-15-21)20-12-4-2-5-13-20/h8-11H,2-7,12-15H2/q+1. The van der Waals surface area contributed by atoms with E-state index in [9.17, 15) is 4.79 Å². The van der Waals surface area contributed by atoms with Crippen molar-refractivity contribution in [3.8, 4) is 5.75 Å². The Morgan fingerprint density at radius 3 is 2.22 bits per heavy atom. The number of carbonyl (C=O) groups is 1. The minimum atomic E-state index is -0.165. The Morgan fingerprint density at radius 1 is 1.00 bits per heavy atom. The molecule has 2 aliphatic rings. The molecule has 1 aromatic rings. The van der Waals surface area contributed by atoms with Gasteiger partial charge in [-0.05, 0) is 44.2 Å². The molecule has 0 spiro atoms. The molecule has 2 saturated heterocycles. The van der Waals surface area contributed by atoms with Crippen LogP contribution in [0.5, 0.6) is 5.75 Å². The third-order valence-electron chi connectivity index (χ3n) is 4.94. The summed E-state index contributed by atoms with van der Waals surface area (Å²) in [6, 6.07) is 6.80. The van der Waals surface area contributed by atoms with Crippen molar-refractivity contribution in [2.24, 2.45) is 0 Å². The molecule has 5 nitrogen and oxygen atoms in total. The fourth-order valence-electron chi connectivity index (χ4n) is 3.65. The van der Waals surface area contributed by atoms with Crippen molar-refractivity contribution in [3.05, 3.63) is 35.7 Å². The first kappa shape index (κ1) is 16.0. The van der Waals surface area contributed by atoms with Crippen LogP contribution >= 0.6 is 0 Å².